The number of benzene rings is 1. The predicted octanol–water partition coefficient (Wildman–Crippen LogP) is 1.49. The fourth-order valence-corrected chi connectivity index (χ4v) is 2.43. The zero-order chi connectivity index (χ0) is 15.8. The van der Waals surface area contributed by atoms with Gasteiger partial charge in [0.05, 0.1) is 0 Å². The number of halogens is 2. The lowest BCUT2D eigenvalue weighted by Crippen LogP contribution is -2.37. The van der Waals surface area contributed by atoms with E-state index < -0.39 is 6.10 Å². The highest BCUT2D eigenvalue weighted by molar-refractivity contribution is 5.85. The summed E-state index contributed by atoms with van der Waals surface area (Å²) < 4.78 is 18.1. The largest absolute Gasteiger partial charge is 0.491 e. The zero-order valence-electron chi connectivity index (χ0n) is 13.0. The molecule has 3 N–H and O–H groups in total. The monoisotopic (exact) mass is 346 g/mol. The number of hydrogen-bond acceptors (Lipinski definition) is 4. The minimum Gasteiger partial charge on any atom is -0.491 e. The summed E-state index contributed by atoms with van der Waals surface area (Å²) in [5.41, 5.74) is 0. The number of aliphatic hydroxyl groups is 1. The Morgan fingerprint density at radius 2 is 2.00 bits per heavy atom. The summed E-state index contributed by atoms with van der Waals surface area (Å²) in [5.74, 6) is 0.543. The van der Waals surface area contributed by atoms with Crippen molar-refractivity contribution in [2.75, 3.05) is 26.2 Å². The fraction of sp³-hybridized carbons (Fsp3) is 0.562. The summed E-state index contributed by atoms with van der Waals surface area (Å²) in [6.07, 6.45) is 1.75. The summed E-state index contributed by atoms with van der Waals surface area (Å²) in [6, 6.07) is 5.58. The van der Waals surface area contributed by atoms with Crippen LogP contribution in [0.2, 0.25) is 0 Å². The molecule has 0 saturated carbocycles. The molecule has 0 spiro atoms. The van der Waals surface area contributed by atoms with Gasteiger partial charge in [0, 0.05) is 13.0 Å². The molecule has 0 aromatic heterocycles. The maximum absolute atomic E-state index is 12.7. The Kier molecular flexibility index (Phi) is 8.91. The number of aliphatic hydroxyl groups excluding tert-OH is 1. The van der Waals surface area contributed by atoms with Gasteiger partial charge in [-0.1, -0.05) is 0 Å². The van der Waals surface area contributed by atoms with Crippen LogP contribution in [-0.4, -0.2) is 43.4 Å². The van der Waals surface area contributed by atoms with E-state index in [4.69, 9.17) is 4.74 Å². The van der Waals surface area contributed by atoms with Crippen LogP contribution in [0.1, 0.15) is 19.3 Å². The van der Waals surface area contributed by atoms with Crippen LogP contribution in [0, 0.1) is 11.7 Å². The number of carbonyl (C=O) groups excluding carboxylic acids is 1. The van der Waals surface area contributed by atoms with E-state index in [1.807, 2.05) is 0 Å². The van der Waals surface area contributed by atoms with Gasteiger partial charge < -0.3 is 20.5 Å². The van der Waals surface area contributed by atoms with Crippen molar-refractivity contribution in [1.82, 2.24) is 10.6 Å². The van der Waals surface area contributed by atoms with E-state index in [9.17, 15) is 14.3 Å². The van der Waals surface area contributed by atoms with Crippen LogP contribution in [0.5, 0.6) is 5.75 Å². The normalized spacial score (nSPS) is 16.3. The van der Waals surface area contributed by atoms with Gasteiger partial charge >= 0.3 is 0 Å². The first-order valence-electron chi connectivity index (χ1n) is 7.67. The maximum atomic E-state index is 12.7. The average molecular weight is 347 g/mol. The van der Waals surface area contributed by atoms with E-state index in [0.29, 0.717) is 18.1 Å². The van der Waals surface area contributed by atoms with Gasteiger partial charge in [-0.05, 0) is 56.1 Å². The molecule has 1 amide bonds. The summed E-state index contributed by atoms with van der Waals surface area (Å²) >= 11 is 0. The molecule has 1 fully saturated rings. The molecule has 5 nitrogen and oxygen atoms in total. The molecule has 1 saturated heterocycles. The molecule has 1 aliphatic heterocycles. The molecule has 1 aliphatic rings. The van der Waals surface area contributed by atoms with E-state index >= 15 is 0 Å². The average Bonchev–Trinajstić information content (AvgIpc) is 2.53. The number of ether oxygens (including phenoxy) is 1. The quantitative estimate of drug-likeness (QED) is 0.699. The zero-order valence-corrected chi connectivity index (χ0v) is 13.8. The lowest BCUT2D eigenvalue weighted by Gasteiger charge is -2.22. The molecule has 0 bridgehead atoms. The molecule has 1 aromatic rings. The summed E-state index contributed by atoms with van der Waals surface area (Å²) in [7, 11) is 0. The minimum absolute atomic E-state index is 0. The van der Waals surface area contributed by atoms with Crippen molar-refractivity contribution in [2.45, 2.75) is 25.4 Å². The molecule has 23 heavy (non-hydrogen) atoms. The Balaban J connectivity index is 0.00000264. The van der Waals surface area contributed by atoms with Gasteiger partial charge in [0.1, 0.15) is 24.3 Å². The second-order valence-electron chi connectivity index (χ2n) is 5.62. The van der Waals surface area contributed by atoms with Gasteiger partial charge in [-0.2, -0.15) is 0 Å². The van der Waals surface area contributed by atoms with E-state index in [1.165, 1.54) is 24.3 Å². The molecule has 0 radical (unpaired) electrons. The molecule has 0 aliphatic carbocycles. The SMILES string of the molecule is Cl.O=C(CC1CCNCC1)NCC(O)COc1ccc(F)cc1. The fourth-order valence-electron chi connectivity index (χ4n) is 2.43. The van der Waals surface area contributed by atoms with Crippen LogP contribution in [0.25, 0.3) is 0 Å². The van der Waals surface area contributed by atoms with Crippen LogP contribution in [0.3, 0.4) is 0 Å². The molecular weight excluding hydrogens is 323 g/mol. The number of rotatable bonds is 7. The van der Waals surface area contributed by atoms with Crippen molar-refractivity contribution in [3.63, 3.8) is 0 Å². The highest BCUT2D eigenvalue weighted by Crippen LogP contribution is 2.15. The van der Waals surface area contributed by atoms with E-state index in [1.54, 1.807) is 0 Å². The van der Waals surface area contributed by atoms with Gasteiger partial charge in [-0.25, -0.2) is 4.39 Å². The molecule has 1 aromatic carbocycles. The Bertz CT molecular complexity index is 467. The number of carbonyl (C=O) groups is 1. The van der Waals surface area contributed by atoms with Crippen LogP contribution >= 0.6 is 12.4 Å². The number of piperidine rings is 1. The first-order valence-corrected chi connectivity index (χ1v) is 7.67. The Morgan fingerprint density at radius 3 is 2.65 bits per heavy atom. The molecule has 1 heterocycles. The summed E-state index contributed by atoms with van der Waals surface area (Å²) in [6.45, 7) is 2.14. The first kappa shape index (κ1) is 19.7. The second-order valence-corrected chi connectivity index (χ2v) is 5.62. The standard InChI is InChI=1S/C16H23FN2O3.ClH/c17-13-1-3-15(4-2-13)22-11-14(20)10-19-16(21)9-12-5-7-18-8-6-12;/h1-4,12,14,18,20H,5-11H2,(H,19,21);1H. The molecular formula is C16H24ClFN2O3. The van der Waals surface area contributed by atoms with Crippen LogP contribution in [-0.2, 0) is 4.79 Å². The number of amides is 1. The van der Waals surface area contributed by atoms with Crippen molar-refractivity contribution >= 4 is 18.3 Å². The van der Waals surface area contributed by atoms with Crippen LogP contribution in [0.15, 0.2) is 24.3 Å². The molecule has 130 valence electrons. The Hall–Kier alpha value is -1.37. The lowest BCUT2D eigenvalue weighted by molar-refractivity contribution is -0.122. The van der Waals surface area contributed by atoms with Gasteiger partial charge in [0.15, 0.2) is 0 Å². The topological polar surface area (TPSA) is 70.6 Å². The maximum Gasteiger partial charge on any atom is 0.220 e. The van der Waals surface area contributed by atoms with Crippen molar-refractivity contribution in [3.05, 3.63) is 30.1 Å². The van der Waals surface area contributed by atoms with E-state index in [2.05, 4.69) is 10.6 Å². The molecule has 2 rings (SSSR count). The molecule has 7 heteroatoms. The number of nitrogens with one attached hydrogen (secondary N) is 2. The van der Waals surface area contributed by atoms with Crippen molar-refractivity contribution < 1.29 is 19.0 Å². The van der Waals surface area contributed by atoms with Gasteiger partial charge in [-0.15, -0.1) is 12.4 Å². The van der Waals surface area contributed by atoms with Crippen molar-refractivity contribution in [3.8, 4) is 5.75 Å². The second kappa shape index (κ2) is 10.4. The van der Waals surface area contributed by atoms with E-state index in [0.717, 1.165) is 25.9 Å². The first-order chi connectivity index (χ1) is 10.6. The third kappa shape index (κ3) is 7.63. The number of hydrogen-bond donors (Lipinski definition) is 3. The lowest BCUT2D eigenvalue weighted by atomic mass is 9.94. The third-order valence-corrected chi connectivity index (χ3v) is 3.72. The summed E-state index contributed by atoms with van der Waals surface area (Å²) in [4.78, 5) is 11.8. The Morgan fingerprint density at radius 1 is 1.35 bits per heavy atom. The van der Waals surface area contributed by atoms with Gasteiger partial charge in [0.2, 0.25) is 5.91 Å². The van der Waals surface area contributed by atoms with Crippen LogP contribution in [0.4, 0.5) is 4.39 Å². The highest BCUT2D eigenvalue weighted by atomic mass is 35.5. The minimum atomic E-state index is -0.790. The Labute approximate surface area is 142 Å². The molecule has 1 unspecified atom stereocenters. The third-order valence-electron chi connectivity index (χ3n) is 3.72. The predicted molar refractivity (Wildman–Crippen MR) is 88.4 cm³/mol. The van der Waals surface area contributed by atoms with E-state index in [-0.39, 0.29) is 37.3 Å². The highest BCUT2D eigenvalue weighted by Gasteiger charge is 2.17. The van der Waals surface area contributed by atoms with Crippen LogP contribution < -0.4 is 15.4 Å². The van der Waals surface area contributed by atoms with Crippen molar-refractivity contribution in [2.24, 2.45) is 5.92 Å². The summed E-state index contributed by atoms with van der Waals surface area (Å²) in [5, 5.41) is 15.8. The van der Waals surface area contributed by atoms with Gasteiger partial charge in [0.25, 0.3) is 0 Å². The van der Waals surface area contributed by atoms with Gasteiger partial charge in [-0.3, -0.25) is 4.79 Å². The molecule has 1 atom stereocenters. The smallest absolute Gasteiger partial charge is 0.220 e. The van der Waals surface area contributed by atoms with Crippen molar-refractivity contribution in [1.29, 1.82) is 0 Å².